The third-order valence-electron chi connectivity index (χ3n) is 3.56. The largest absolute Gasteiger partial charge is 0.496 e. The van der Waals surface area contributed by atoms with Crippen LogP contribution in [0.25, 0.3) is 0 Å². The lowest BCUT2D eigenvalue weighted by Gasteiger charge is -2.17. The Bertz CT molecular complexity index is 603. The summed E-state index contributed by atoms with van der Waals surface area (Å²) in [4.78, 5) is 0. The van der Waals surface area contributed by atoms with E-state index in [2.05, 4.69) is 0 Å². The molecule has 0 saturated carbocycles. The first-order valence-corrected chi connectivity index (χ1v) is 7.27. The molecule has 0 spiro atoms. The van der Waals surface area contributed by atoms with Crippen molar-refractivity contribution in [3.05, 3.63) is 64.4 Å². The molecule has 0 aliphatic heterocycles. The van der Waals surface area contributed by atoms with Crippen molar-refractivity contribution >= 4 is 11.6 Å². The zero-order chi connectivity index (χ0) is 15.2. The molecule has 0 saturated heterocycles. The number of para-hydroxylation sites is 1. The van der Waals surface area contributed by atoms with Gasteiger partial charge < -0.3 is 10.5 Å². The standard InChI is InChI=1S/C17H19ClFNO/c1-21-17-5-3-2-4-14(17)9-12(11-20)8-13-6-7-15(18)10-16(13)19/h2-7,10,12H,8-9,11,20H2,1H3. The van der Waals surface area contributed by atoms with Gasteiger partial charge in [-0.15, -0.1) is 0 Å². The van der Waals surface area contributed by atoms with E-state index in [1.807, 2.05) is 24.3 Å². The van der Waals surface area contributed by atoms with Crippen LogP contribution in [0, 0.1) is 11.7 Å². The van der Waals surface area contributed by atoms with Gasteiger partial charge in [0, 0.05) is 5.02 Å². The Morgan fingerprint density at radius 3 is 2.52 bits per heavy atom. The molecule has 0 aliphatic carbocycles. The smallest absolute Gasteiger partial charge is 0.127 e. The first kappa shape index (κ1) is 15.8. The zero-order valence-electron chi connectivity index (χ0n) is 12.0. The maximum absolute atomic E-state index is 13.9. The SMILES string of the molecule is COc1ccccc1CC(CN)Cc1ccc(Cl)cc1F. The summed E-state index contributed by atoms with van der Waals surface area (Å²) in [6.45, 7) is 0.486. The minimum atomic E-state index is -0.277. The number of hydrogen-bond acceptors (Lipinski definition) is 2. The van der Waals surface area contributed by atoms with E-state index in [9.17, 15) is 4.39 Å². The average Bonchev–Trinajstić information content (AvgIpc) is 2.49. The first-order chi connectivity index (χ1) is 10.1. The van der Waals surface area contributed by atoms with Gasteiger partial charge in [-0.1, -0.05) is 35.9 Å². The van der Waals surface area contributed by atoms with Crippen LogP contribution >= 0.6 is 11.6 Å². The van der Waals surface area contributed by atoms with Crippen LogP contribution in [-0.4, -0.2) is 13.7 Å². The summed E-state index contributed by atoms with van der Waals surface area (Å²) in [5, 5.41) is 0.408. The second kappa shape index (κ2) is 7.43. The van der Waals surface area contributed by atoms with Crippen molar-refractivity contribution in [3.63, 3.8) is 0 Å². The molecule has 1 unspecified atom stereocenters. The Labute approximate surface area is 129 Å². The molecule has 2 rings (SSSR count). The van der Waals surface area contributed by atoms with Gasteiger partial charge in [0.15, 0.2) is 0 Å². The second-order valence-corrected chi connectivity index (χ2v) is 5.49. The highest BCUT2D eigenvalue weighted by Gasteiger charge is 2.14. The van der Waals surface area contributed by atoms with Crippen molar-refractivity contribution in [3.8, 4) is 5.75 Å². The van der Waals surface area contributed by atoms with Gasteiger partial charge in [-0.2, -0.15) is 0 Å². The first-order valence-electron chi connectivity index (χ1n) is 6.90. The summed E-state index contributed by atoms with van der Waals surface area (Å²) in [6.07, 6.45) is 1.33. The van der Waals surface area contributed by atoms with Crippen molar-refractivity contribution < 1.29 is 9.13 Å². The van der Waals surface area contributed by atoms with Crippen molar-refractivity contribution in [1.82, 2.24) is 0 Å². The molecule has 0 amide bonds. The lowest BCUT2D eigenvalue weighted by molar-refractivity contribution is 0.403. The van der Waals surface area contributed by atoms with Crippen molar-refractivity contribution in [2.75, 3.05) is 13.7 Å². The van der Waals surface area contributed by atoms with E-state index in [0.29, 0.717) is 23.6 Å². The van der Waals surface area contributed by atoms with Crippen LogP contribution in [0.3, 0.4) is 0 Å². The molecule has 112 valence electrons. The Balaban J connectivity index is 2.13. The molecular formula is C17H19ClFNO. The van der Waals surface area contributed by atoms with E-state index in [0.717, 1.165) is 17.7 Å². The van der Waals surface area contributed by atoms with Crippen LogP contribution in [0.5, 0.6) is 5.75 Å². The molecule has 0 heterocycles. The van der Waals surface area contributed by atoms with Crippen molar-refractivity contribution in [1.29, 1.82) is 0 Å². The molecule has 0 bridgehead atoms. The van der Waals surface area contributed by atoms with E-state index in [1.165, 1.54) is 6.07 Å². The van der Waals surface area contributed by atoms with Gasteiger partial charge in [-0.05, 0) is 54.6 Å². The molecule has 2 nitrogen and oxygen atoms in total. The molecule has 2 N–H and O–H groups in total. The molecule has 0 fully saturated rings. The molecule has 0 aromatic heterocycles. The van der Waals surface area contributed by atoms with Crippen LogP contribution in [-0.2, 0) is 12.8 Å². The third-order valence-corrected chi connectivity index (χ3v) is 3.79. The third kappa shape index (κ3) is 4.19. The van der Waals surface area contributed by atoms with E-state index < -0.39 is 0 Å². The van der Waals surface area contributed by atoms with E-state index in [4.69, 9.17) is 22.1 Å². The molecule has 0 radical (unpaired) electrons. The highest BCUT2D eigenvalue weighted by Crippen LogP contribution is 2.24. The van der Waals surface area contributed by atoms with E-state index in [1.54, 1.807) is 19.2 Å². The number of halogens is 2. The predicted octanol–water partition coefficient (Wildman–Crippen LogP) is 3.85. The van der Waals surface area contributed by atoms with Crippen molar-refractivity contribution in [2.45, 2.75) is 12.8 Å². The van der Waals surface area contributed by atoms with Crippen LogP contribution < -0.4 is 10.5 Å². The summed E-state index contributed by atoms with van der Waals surface area (Å²) in [5.41, 5.74) is 7.58. The number of hydrogen-bond donors (Lipinski definition) is 1. The quantitative estimate of drug-likeness (QED) is 0.880. The lowest BCUT2D eigenvalue weighted by Crippen LogP contribution is -2.20. The van der Waals surface area contributed by atoms with Gasteiger partial charge in [-0.3, -0.25) is 0 Å². The Morgan fingerprint density at radius 2 is 1.86 bits per heavy atom. The average molecular weight is 308 g/mol. The maximum atomic E-state index is 13.9. The van der Waals surface area contributed by atoms with E-state index in [-0.39, 0.29) is 11.7 Å². The minimum absolute atomic E-state index is 0.150. The van der Waals surface area contributed by atoms with Gasteiger partial charge in [0.05, 0.1) is 7.11 Å². The molecule has 2 aromatic rings. The summed E-state index contributed by atoms with van der Waals surface area (Å²) in [6, 6.07) is 12.6. The lowest BCUT2D eigenvalue weighted by atomic mass is 9.92. The zero-order valence-corrected chi connectivity index (χ0v) is 12.7. The van der Waals surface area contributed by atoms with Crippen LogP contribution in [0.2, 0.25) is 5.02 Å². The fraction of sp³-hybridized carbons (Fsp3) is 0.294. The van der Waals surface area contributed by atoms with Crippen LogP contribution in [0.15, 0.2) is 42.5 Å². The van der Waals surface area contributed by atoms with Crippen molar-refractivity contribution in [2.24, 2.45) is 11.7 Å². The van der Waals surface area contributed by atoms with Crippen LogP contribution in [0.1, 0.15) is 11.1 Å². The van der Waals surface area contributed by atoms with Crippen LogP contribution in [0.4, 0.5) is 4.39 Å². The summed E-state index contributed by atoms with van der Waals surface area (Å²) in [5.74, 6) is 0.713. The molecule has 1 atom stereocenters. The highest BCUT2D eigenvalue weighted by molar-refractivity contribution is 6.30. The predicted molar refractivity (Wildman–Crippen MR) is 84.4 cm³/mol. The van der Waals surface area contributed by atoms with Gasteiger partial charge in [-0.25, -0.2) is 4.39 Å². The second-order valence-electron chi connectivity index (χ2n) is 5.06. The molecule has 2 aromatic carbocycles. The van der Waals surface area contributed by atoms with Gasteiger partial charge >= 0.3 is 0 Å². The molecule has 21 heavy (non-hydrogen) atoms. The minimum Gasteiger partial charge on any atom is -0.496 e. The molecule has 0 aliphatic rings. The number of benzene rings is 2. The number of ether oxygens (including phenoxy) is 1. The monoisotopic (exact) mass is 307 g/mol. The topological polar surface area (TPSA) is 35.2 Å². The summed E-state index contributed by atoms with van der Waals surface area (Å²) < 4.78 is 19.2. The number of methoxy groups -OCH3 is 1. The summed E-state index contributed by atoms with van der Waals surface area (Å²) >= 11 is 5.78. The van der Waals surface area contributed by atoms with Gasteiger partial charge in [0.25, 0.3) is 0 Å². The van der Waals surface area contributed by atoms with Gasteiger partial charge in [0.1, 0.15) is 11.6 Å². The Hall–Kier alpha value is -1.58. The van der Waals surface area contributed by atoms with Gasteiger partial charge in [0.2, 0.25) is 0 Å². The molecule has 4 heteroatoms. The Morgan fingerprint density at radius 1 is 1.14 bits per heavy atom. The number of rotatable bonds is 6. The molecular weight excluding hydrogens is 289 g/mol. The van der Waals surface area contributed by atoms with E-state index >= 15 is 0 Å². The fourth-order valence-corrected chi connectivity index (χ4v) is 2.58. The number of nitrogens with two attached hydrogens (primary N) is 1. The maximum Gasteiger partial charge on any atom is 0.127 e. The Kier molecular flexibility index (Phi) is 5.59. The normalized spacial score (nSPS) is 12.2. The summed E-state index contributed by atoms with van der Waals surface area (Å²) in [7, 11) is 1.65. The fourth-order valence-electron chi connectivity index (χ4n) is 2.42. The highest BCUT2D eigenvalue weighted by atomic mass is 35.5.